The first kappa shape index (κ1) is 25.7. The number of aliphatic imine (C=N–C) groups is 1. The first-order chi connectivity index (χ1) is 18.1. The number of pyridine rings is 1. The van der Waals surface area contributed by atoms with Gasteiger partial charge in [0, 0.05) is 50.0 Å². The number of rotatable bonds is 4. The molecule has 1 fully saturated rings. The number of nitrogen functional groups attached to an aromatic ring is 1. The highest BCUT2D eigenvalue weighted by atomic mass is 19.4. The summed E-state index contributed by atoms with van der Waals surface area (Å²) in [6, 6.07) is 10.9. The van der Waals surface area contributed by atoms with Crippen molar-refractivity contribution >= 4 is 39.7 Å². The fourth-order valence-electron chi connectivity index (χ4n) is 4.62. The molecule has 2 amide bonds. The molecule has 1 aromatic heterocycles. The number of piperazine rings is 1. The van der Waals surface area contributed by atoms with E-state index < -0.39 is 17.8 Å². The van der Waals surface area contributed by atoms with E-state index in [1.165, 1.54) is 12.1 Å². The molecule has 3 heterocycles. The molecule has 2 aromatic carbocycles. The van der Waals surface area contributed by atoms with Crippen LogP contribution in [0, 0.1) is 0 Å². The van der Waals surface area contributed by atoms with Crippen LogP contribution in [0.2, 0.25) is 0 Å². The predicted molar refractivity (Wildman–Crippen MR) is 143 cm³/mol. The number of urea groups is 1. The summed E-state index contributed by atoms with van der Waals surface area (Å²) in [5, 5.41) is 7.00. The van der Waals surface area contributed by atoms with E-state index in [0.717, 1.165) is 41.1 Å². The van der Waals surface area contributed by atoms with E-state index in [-0.39, 0.29) is 17.8 Å². The van der Waals surface area contributed by atoms with Gasteiger partial charge in [-0.25, -0.2) is 9.78 Å². The molecule has 5 rings (SSSR count). The molecule has 0 spiro atoms. The Hall–Kier alpha value is -3.96. The summed E-state index contributed by atoms with van der Waals surface area (Å²) in [5.74, 6) is 0.772. The monoisotopic (exact) mass is 523 g/mol. The second kappa shape index (κ2) is 10.4. The van der Waals surface area contributed by atoms with Crippen molar-refractivity contribution in [3.05, 3.63) is 71.4 Å². The van der Waals surface area contributed by atoms with E-state index in [0.29, 0.717) is 31.3 Å². The minimum atomic E-state index is -4.54. The van der Waals surface area contributed by atoms with Gasteiger partial charge in [-0.05, 0) is 59.5 Å². The maximum absolute atomic E-state index is 13.8. The normalized spacial score (nSPS) is 16.8. The molecule has 8 nitrogen and oxygen atoms in total. The largest absolute Gasteiger partial charge is 0.416 e. The Labute approximate surface area is 218 Å². The molecule has 3 aromatic rings. The number of carbonyl (C=O) groups is 1. The SMILES string of the molecule is CN1CCN(Cc2ccc(NC(=O)NC3=NCC(c4ccc5cc(N)ncc5c4)=C3)cc2C(F)(F)F)CC1. The maximum atomic E-state index is 13.8. The number of amidine groups is 1. The molecule has 0 radical (unpaired) electrons. The topological polar surface area (TPSA) is 98.9 Å². The lowest BCUT2D eigenvalue weighted by atomic mass is 10.0. The number of halogens is 3. The van der Waals surface area contributed by atoms with Gasteiger partial charge in [-0.1, -0.05) is 18.2 Å². The van der Waals surface area contributed by atoms with Crippen LogP contribution in [0.1, 0.15) is 16.7 Å². The molecule has 2 aliphatic rings. The highest BCUT2D eigenvalue weighted by Crippen LogP contribution is 2.34. The number of hydrogen-bond acceptors (Lipinski definition) is 6. The Kier molecular flexibility index (Phi) is 7.04. The third kappa shape index (κ3) is 5.95. The lowest BCUT2D eigenvalue weighted by Crippen LogP contribution is -2.44. The van der Waals surface area contributed by atoms with Crippen molar-refractivity contribution in [3.8, 4) is 0 Å². The number of anilines is 2. The lowest BCUT2D eigenvalue weighted by molar-refractivity contribution is -0.138. The van der Waals surface area contributed by atoms with Gasteiger partial charge in [0.25, 0.3) is 0 Å². The number of nitrogens with zero attached hydrogens (tertiary/aromatic N) is 4. The van der Waals surface area contributed by atoms with Gasteiger partial charge >= 0.3 is 12.2 Å². The summed E-state index contributed by atoms with van der Waals surface area (Å²) in [7, 11) is 2.00. The molecule has 198 valence electrons. The van der Waals surface area contributed by atoms with E-state index in [1.54, 1.807) is 18.3 Å². The zero-order valence-electron chi connectivity index (χ0n) is 20.8. The molecule has 0 bridgehead atoms. The Morgan fingerprint density at radius 3 is 2.58 bits per heavy atom. The quantitative estimate of drug-likeness (QED) is 0.476. The number of aromatic nitrogens is 1. The Morgan fingerprint density at radius 1 is 1.03 bits per heavy atom. The van der Waals surface area contributed by atoms with E-state index in [2.05, 4.69) is 25.5 Å². The van der Waals surface area contributed by atoms with Crippen LogP contribution < -0.4 is 16.4 Å². The molecule has 2 aliphatic heterocycles. The number of nitrogens with one attached hydrogen (secondary N) is 2. The van der Waals surface area contributed by atoms with Crippen molar-refractivity contribution in [2.24, 2.45) is 4.99 Å². The van der Waals surface area contributed by atoms with Crippen LogP contribution in [0.4, 0.5) is 29.5 Å². The van der Waals surface area contributed by atoms with E-state index in [9.17, 15) is 18.0 Å². The molecular weight excluding hydrogens is 495 g/mol. The van der Waals surface area contributed by atoms with Crippen molar-refractivity contribution in [1.29, 1.82) is 0 Å². The average molecular weight is 524 g/mol. The first-order valence-electron chi connectivity index (χ1n) is 12.2. The summed E-state index contributed by atoms with van der Waals surface area (Å²) in [6.07, 6.45) is -1.10. The van der Waals surface area contributed by atoms with Gasteiger partial charge in [0.1, 0.15) is 11.7 Å². The average Bonchev–Trinajstić information content (AvgIpc) is 3.33. The number of carbonyl (C=O) groups excluding carboxylic acids is 1. The molecule has 0 saturated carbocycles. The molecule has 0 aliphatic carbocycles. The molecular formula is C27H28F3N7O. The van der Waals surface area contributed by atoms with Crippen LogP contribution in [-0.2, 0) is 12.7 Å². The molecule has 1 saturated heterocycles. The van der Waals surface area contributed by atoms with Crippen molar-refractivity contribution in [3.63, 3.8) is 0 Å². The Bertz CT molecular complexity index is 1430. The molecule has 0 atom stereocenters. The highest BCUT2D eigenvalue weighted by molar-refractivity contribution is 6.12. The Balaban J connectivity index is 1.24. The summed E-state index contributed by atoms with van der Waals surface area (Å²) >= 11 is 0. The standard InChI is InChI=1S/C27H28F3N7O/c1-36-6-8-37(9-7-36)16-19-4-5-22(13-23(19)27(28,29)30)34-26(38)35-25-12-21(15-33-25)17-2-3-18-11-24(31)32-14-20(18)10-17/h2-5,10-14H,6-9,15-16H2,1H3,(H2,31,32)(H2,33,34,35,38). The van der Waals surface area contributed by atoms with Crippen LogP contribution in [0.3, 0.4) is 0 Å². The molecule has 38 heavy (non-hydrogen) atoms. The Morgan fingerprint density at radius 2 is 1.82 bits per heavy atom. The first-order valence-corrected chi connectivity index (χ1v) is 12.2. The zero-order chi connectivity index (χ0) is 26.9. The third-order valence-corrected chi connectivity index (χ3v) is 6.75. The van der Waals surface area contributed by atoms with E-state index in [4.69, 9.17) is 5.73 Å². The van der Waals surface area contributed by atoms with Gasteiger partial charge in [-0.2, -0.15) is 13.2 Å². The van der Waals surface area contributed by atoms with Crippen molar-refractivity contribution in [1.82, 2.24) is 20.1 Å². The molecule has 11 heteroatoms. The van der Waals surface area contributed by atoms with E-state index >= 15 is 0 Å². The number of amides is 2. The number of hydrogen-bond donors (Lipinski definition) is 3. The van der Waals surface area contributed by atoms with Crippen molar-refractivity contribution in [2.45, 2.75) is 12.7 Å². The van der Waals surface area contributed by atoms with Crippen LogP contribution in [0.5, 0.6) is 0 Å². The molecule has 4 N–H and O–H groups in total. The molecule has 0 unspecified atom stereocenters. The predicted octanol–water partition coefficient (Wildman–Crippen LogP) is 4.20. The van der Waals surface area contributed by atoms with Crippen molar-refractivity contribution in [2.75, 3.05) is 50.8 Å². The zero-order valence-corrected chi connectivity index (χ0v) is 20.8. The van der Waals surface area contributed by atoms with Gasteiger partial charge in [0.05, 0.1) is 12.1 Å². The van der Waals surface area contributed by atoms with Gasteiger partial charge in [-0.15, -0.1) is 0 Å². The minimum Gasteiger partial charge on any atom is -0.384 e. The van der Waals surface area contributed by atoms with Gasteiger partial charge in [-0.3, -0.25) is 15.2 Å². The van der Waals surface area contributed by atoms with Crippen LogP contribution in [0.25, 0.3) is 16.3 Å². The number of fused-ring (bicyclic) bond motifs is 1. The van der Waals surface area contributed by atoms with Crippen LogP contribution >= 0.6 is 0 Å². The fourth-order valence-corrected chi connectivity index (χ4v) is 4.62. The second-order valence-corrected chi connectivity index (χ2v) is 9.57. The summed E-state index contributed by atoms with van der Waals surface area (Å²) in [6.45, 7) is 3.61. The van der Waals surface area contributed by atoms with Gasteiger partial charge in [0.2, 0.25) is 0 Å². The number of likely N-dealkylation sites (N-methyl/N-ethyl adjacent to an activating group) is 1. The summed E-state index contributed by atoms with van der Waals surface area (Å²) < 4.78 is 41.5. The maximum Gasteiger partial charge on any atom is 0.416 e. The summed E-state index contributed by atoms with van der Waals surface area (Å²) in [5.41, 5.74) is 7.06. The smallest absolute Gasteiger partial charge is 0.384 e. The minimum absolute atomic E-state index is 0.0565. The lowest BCUT2D eigenvalue weighted by Gasteiger charge is -2.33. The number of benzene rings is 2. The highest BCUT2D eigenvalue weighted by Gasteiger charge is 2.34. The second-order valence-electron chi connectivity index (χ2n) is 9.57. The van der Waals surface area contributed by atoms with Gasteiger partial charge in [0.15, 0.2) is 0 Å². The third-order valence-electron chi connectivity index (χ3n) is 6.75. The number of nitrogens with two attached hydrogens (primary N) is 1. The number of alkyl halides is 3. The fraction of sp³-hybridized carbons (Fsp3) is 0.296. The van der Waals surface area contributed by atoms with Crippen LogP contribution in [0.15, 0.2) is 59.7 Å². The van der Waals surface area contributed by atoms with Crippen molar-refractivity contribution < 1.29 is 18.0 Å². The van der Waals surface area contributed by atoms with Gasteiger partial charge < -0.3 is 16.0 Å². The summed E-state index contributed by atoms with van der Waals surface area (Å²) in [4.78, 5) is 25.2. The van der Waals surface area contributed by atoms with Crippen LogP contribution in [-0.4, -0.2) is 66.4 Å². The van der Waals surface area contributed by atoms with E-state index in [1.807, 2.05) is 30.1 Å².